The summed E-state index contributed by atoms with van der Waals surface area (Å²) < 4.78 is 4.83. The predicted octanol–water partition coefficient (Wildman–Crippen LogP) is 4.90. The van der Waals surface area contributed by atoms with Gasteiger partial charge in [-0.15, -0.1) is 0 Å². The highest BCUT2D eigenvalue weighted by molar-refractivity contribution is 5.96. The fourth-order valence-corrected chi connectivity index (χ4v) is 7.85. The van der Waals surface area contributed by atoms with Crippen molar-refractivity contribution in [1.29, 1.82) is 0 Å². The molecule has 0 radical (unpaired) electrons. The van der Waals surface area contributed by atoms with E-state index in [-0.39, 0.29) is 28.5 Å². The molecule has 0 unspecified atom stereocenters. The van der Waals surface area contributed by atoms with Crippen molar-refractivity contribution in [2.75, 3.05) is 7.11 Å². The van der Waals surface area contributed by atoms with E-state index in [9.17, 15) is 14.4 Å². The average Bonchev–Trinajstić information content (AvgIpc) is 3.04. The van der Waals surface area contributed by atoms with Crippen molar-refractivity contribution in [1.82, 2.24) is 0 Å². The summed E-state index contributed by atoms with van der Waals surface area (Å²) in [4.78, 5) is 36.9. The maximum absolute atomic E-state index is 13.3. The van der Waals surface area contributed by atoms with Crippen molar-refractivity contribution in [3.8, 4) is 0 Å². The molecule has 0 aliphatic heterocycles. The second-order valence-corrected chi connectivity index (χ2v) is 10.8. The lowest BCUT2D eigenvalue weighted by Crippen LogP contribution is -2.53. The Kier molecular flexibility index (Phi) is 5.28. The van der Waals surface area contributed by atoms with Gasteiger partial charge in [0, 0.05) is 25.2 Å². The molecular formula is C25H36O4. The van der Waals surface area contributed by atoms with Gasteiger partial charge in [0.25, 0.3) is 0 Å². The Hall–Kier alpha value is -1.45. The van der Waals surface area contributed by atoms with Crippen molar-refractivity contribution in [3.63, 3.8) is 0 Å². The van der Waals surface area contributed by atoms with E-state index in [1.165, 1.54) is 7.11 Å². The Bertz CT molecular complexity index is 752. The van der Waals surface area contributed by atoms with Crippen LogP contribution in [0.5, 0.6) is 0 Å². The normalized spacial score (nSPS) is 42.4. The van der Waals surface area contributed by atoms with Crippen LogP contribution in [0.1, 0.15) is 78.6 Å². The molecule has 0 saturated heterocycles. The highest BCUT2D eigenvalue weighted by Gasteiger charge is 2.61. The van der Waals surface area contributed by atoms with Crippen LogP contribution in [-0.4, -0.2) is 24.6 Å². The first-order chi connectivity index (χ1) is 13.7. The Labute approximate surface area is 174 Å². The van der Waals surface area contributed by atoms with Gasteiger partial charge in [-0.3, -0.25) is 14.4 Å². The molecule has 4 aliphatic rings. The first-order valence-corrected chi connectivity index (χ1v) is 11.5. The molecule has 0 bridgehead atoms. The molecule has 0 N–H and O–H groups in total. The van der Waals surface area contributed by atoms with Gasteiger partial charge in [0.05, 0.1) is 7.11 Å². The summed E-state index contributed by atoms with van der Waals surface area (Å²) in [5.74, 6) is 2.44. The topological polar surface area (TPSA) is 60.4 Å². The molecule has 0 amide bonds. The van der Waals surface area contributed by atoms with Gasteiger partial charge < -0.3 is 4.74 Å². The minimum atomic E-state index is -0.125. The zero-order chi connectivity index (χ0) is 21.0. The molecule has 160 valence electrons. The summed E-state index contributed by atoms with van der Waals surface area (Å²) in [6.07, 6.45) is 9.82. The van der Waals surface area contributed by atoms with E-state index < -0.39 is 0 Å². The summed E-state index contributed by atoms with van der Waals surface area (Å²) >= 11 is 0. The number of hydrogen-bond acceptors (Lipinski definition) is 4. The van der Waals surface area contributed by atoms with E-state index >= 15 is 0 Å². The van der Waals surface area contributed by atoms with Gasteiger partial charge in [-0.05, 0) is 79.1 Å². The molecule has 3 saturated carbocycles. The highest BCUT2D eigenvalue weighted by Crippen LogP contribution is 2.66. The van der Waals surface area contributed by atoms with Crippen molar-refractivity contribution in [2.45, 2.75) is 78.6 Å². The van der Waals surface area contributed by atoms with Gasteiger partial charge in [-0.1, -0.05) is 26.3 Å². The van der Waals surface area contributed by atoms with Gasteiger partial charge in [0.15, 0.2) is 5.78 Å². The van der Waals surface area contributed by atoms with E-state index in [0.29, 0.717) is 48.7 Å². The SMILES string of the molecule is COC(=O)CC[C@@H](C)[C@H]1CC[C@H]2[C@@H]3C(=O)C=C4CC(=O)CC[C@]4(C)[C@H]3CC[C@]12C. The van der Waals surface area contributed by atoms with E-state index in [1.807, 2.05) is 6.08 Å². The Morgan fingerprint density at radius 3 is 2.66 bits per heavy atom. The highest BCUT2D eigenvalue weighted by atomic mass is 16.5. The summed E-state index contributed by atoms with van der Waals surface area (Å²) in [6.45, 7) is 7.02. The minimum absolute atomic E-state index is 0.0302. The van der Waals surface area contributed by atoms with E-state index in [2.05, 4.69) is 20.8 Å². The van der Waals surface area contributed by atoms with Gasteiger partial charge in [0.1, 0.15) is 5.78 Å². The monoisotopic (exact) mass is 400 g/mol. The number of Topliss-reactive ketones (excluding diaryl/α,β-unsaturated/α-hetero) is 1. The lowest BCUT2D eigenvalue weighted by Gasteiger charge is -2.57. The summed E-state index contributed by atoms with van der Waals surface area (Å²) in [7, 11) is 1.46. The Morgan fingerprint density at radius 1 is 1.17 bits per heavy atom. The van der Waals surface area contributed by atoms with E-state index in [0.717, 1.165) is 44.1 Å². The molecule has 0 aromatic heterocycles. The third-order valence-corrected chi connectivity index (χ3v) is 9.57. The first-order valence-electron chi connectivity index (χ1n) is 11.5. The molecule has 4 heteroatoms. The van der Waals surface area contributed by atoms with Crippen molar-refractivity contribution in [2.24, 2.45) is 40.4 Å². The van der Waals surface area contributed by atoms with Crippen LogP contribution in [0.15, 0.2) is 11.6 Å². The lowest BCUT2D eigenvalue weighted by molar-refractivity contribution is -0.141. The van der Waals surface area contributed by atoms with Crippen LogP contribution in [0.25, 0.3) is 0 Å². The van der Waals surface area contributed by atoms with Gasteiger partial charge >= 0.3 is 5.97 Å². The molecular weight excluding hydrogens is 364 g/mol. The van der Waals surface area contributed by atoms with Crippen LogP contribution in [0, 0.1) is 40.4 Å². The fourth-order valence-electron chi connectivity index (χ4n) is 7.85. The number of ketones is 2. The largest absolute Gasteiger partial charge is 0.469 e. The smallest absolute Gasteiger partial charge is 0.305 e. The lowest BCUT2D eigenvalue weighted by atomic mass is 9.46. The van der Waals surface area contributed by atoms with Crippen molar-refractivity contribution in [3.05, 3.63) is 11.6 Å². The Morgan fingerprint density at radius 2 is 1.93 bits per heavy atom. The second kappa shape index (κ2) is 7.35. The third kappa shape index (κ3) is 3.21. The van der Waals surface area contributed by atoms with Gasteiger partial charge in [-0.25, -0.2) is 0 Å². The Balaban J connectivity index is 1.57. The second-order valence-electron chi connectivity index (χ2n) is 10.8. The van der Waals surface area contributed by atoms with E-state index in [4.69, 9.17) is 4.74 Å². The molecule has 0 spiro atoms. The number of ether oxygens (including phenoxy) is 1. The zero-order valence-electron chi connectivity index (χ0n) is 18.5. The van der Waals surface area contributed by atoms with Crippen LogP contribution in [0.2, 0.25) is 0 Å². The van der Waals surface area contributed by atoms with Gasteiger partial charge in [0.2, 0.25) is 0 Å². The summed E-state index contributed by atoms with van der Waals surface area (Å²) in [5, 5.41) is 0. The number of rotatable bonds is 4. The number of esters is 1. The van der Waals surface area contributed by atoms with Crippen molar-refractivity contribution >= 4 is 17.5 Å². The molecule has 29 heavy (non-hydrogen) atoms. The molecule has 4 aliphatic carbocycles. The number of hydrogen-bond donors (Lipinski definition) is 0. The first kappa shape index (κ1) is 20.8. The number of carbonyl (C=O) groups is 3. The number of allylic oxidation sites excluding steroid dienone is 2. The molecule has 3 fully saturated rings. The number of carbonyl (C=O) groups excluding carboxylic acids is 3. The van der Waals surface area contributed by atoms with Crippen LogP contribution in [-0.2, 0) is 19.1 Å². The maximum Gasteiger partial charge on any atom is 0.305 e. The van der Waals surface area contributed by atoms with Crippen LogP contribution < -0.4 is 0 Å². The van der Waals surface area contributed by atoms with Crippen LogP contribution in [0.4, 0.5) is 0 Å². The predicted molar refractivity (Wildman–Crippen MR) is 111 cm³/mol. The molecule has 0 heterocycles. The van der Waals surface area contributed by atoms with Crippen LogP contribution in [0.3, 0.4) is 0 Å². The molecule has 4 nitrogen and oxygen atoms in total. The minimum Gasteiger partial charge on any atom is -0.469 e. The number of methoxy groups -OCH3 is 1. The van der Waals surface area contributed by atoms with Crippen molar-refractivity contribution < 1.29 is 19.1 Å². The quantitative estimate of drug-likeness (QED) is 0.630. The zero-order valence-corrected chi connectivity index (χ0v) is 18.5. The van der Waals surface area contributed by atoms with E-state index in [1.54, 1.807) is 0 Å². The summed E-state index contributed by atoms with van der Waals surface area (Å²) in [5.41, 5.74) is 1.32. The van der Waals surface area contributed by atoms with Crippen LogP contribution >= 0.6 is 0 Å². The van der Waals surface area contributed by atoms with Gasteiger partial charge in [-0.2, -0.15) is 0 Å². The molecule has 7 atom stereocenters. The number of fused-ring (bicyclic) bond motifs is 5. The fraction of sp³-hybridized carbons (Fsp3) is 0.800. The molecule has 0 aromatic carbocycles. The average molecular weight is 401 g/mol. The molecule has 0 aromatic rings. The molecule has 4 rings (SSSR count). The maximum atomic E-state index is 13.3. The summed E-state index contributed by atoms with van der Waals surface area (Å²) in [6, 6.07) is 0. The standard InChI is InChI=1S/C25H36O4/c1-15(5-8-22(28)29-4)18-6-7-19-23-20(10-12-25(18,19)3)24(2)11-9-17(26)13-16(24)14-21(23)27/h14-15,18-20,23H,5-13H2,1-4H3/t15-,18-,19+,20+,23+,24+,25-/m1/s1. The third-order valence-electron chi connectivity index (χ3n) is 9.57.